The minimum absolute atomic E-state index is 0.151. The summed E-state index contributed by atoms with van der Waals surface area (Å²) in [4.78, 5) is 0. The Morgan fingerprint density at radius 3 is 1.73 bits per heavy atom. The zero-order valence-corrected chi connectivity index (χ0v) is 12.0. The zero-order valence-electron chi connectivity index (χ0n) is 5.55. The van der Waals surface area contributed by atoms with E-state index in [1.165, 1.54) is 0 Å². The van der Waals surface area contributed by atoms with E-state index in [4.69, 9.17) is 15.3 Å². The highest BCUT2D eigenvalue weighted by atomic mass is 127. The van der Waals surface area contributed by atoms with Crippen LogP contribution in [-0.4, -0.2) is 25.2 Å². The lowest BCUT2D eigenvalue weighted by molar-refractivity contribution is -0.275. The fourth-order valence-electron chi connectivity index (χ4n) is 0.335. The van der Waals surface area contributed by atoms with Gasteiger partial charge >= 0.3 is 5.97 Å². The first-order chi connectivity index (χ1) is 4.76. The third-order valence-electron chi connectivity index (χ3n) is 0.853. The number of halogens is 3. The summed E-state index contributed by atoms with van der Waals surface area (Å²) >= 11 is 5.79. The molecular formula is C5H7I3O3. The molecule has 1 unspecified atom stereocenters. The molecule has 1 atom stereocenters. The molecule has 0 aromatic carbocycles. The molecule has 0 bridgehead atoms. The van der Waals surface area contributed by atoms with E-state index in [9.17, 15) is 0 Å². The third-order valence-corrected chi connectivity index (χ3v) is 6.48. The third kappa shape index (κ3) is 4.55. The maximum Gasteiger partial charge on any atom is 0.311 e. The van der Waals surface area contributed by atoms with Gasteiger partial charge in [0, 0.05) is 7.50 Å². The first kappa shape index (κ1) is 12.8. The summed E-state index contributed by atoms with van der Waals surface area (Å²) in [7, 11) is 0. The van der Waals surface area contributed by atoms with Crippen LogP contribution in [0.3, 0.4) is 0 Å². The van der Waals surface area contributed by atoms with Gasteiger partial charge < -0.3 is 15.3 Å². The Hall–Kier alpha value is 1.81. The molecule has 0 aliphatic rings. The van der Waals surface area contributed by atoms with Gasteiger partial charge in [-0.3, -0.25) is 0 Å². The zero-order chi connectivity index (χ0) is 9.23. The summed E-state index contributed by atoms with van der Waals surface area (Å²) in [6.45, 7) is 1.90. The van der Waals surface area contributed by atoms with Gasteiger partial charge in [0.25, 0.3) is 0 Å². The SMILES string of the molecule is CC(I)/C(I)=C(\I)C(O)(O)O. The van der Waals surface area contributed by atoms with Gasteiger partial charge in [0.05, 0.1) is 3.58 Å². The van der Waals surface area contributed by atoms with Crippen molar-refractivity contribution < 1.29 is 15.3 Å². The molecule has 6 heteroatoms. The van der Waals surface area contributed by atoms with Gasteiger partial charge in [-0.2, -0.15) is 0 Å². The summed E-state index contributed by atoms with van der Waals surface area (Å²) in [5, 5.41) is 26.2. The second-order valence-electron chi connectivity index (χ2n) is 1.91. The predicted octanol–water partition coefficient (Wildman–Crippen LogP) is 1.52. The van der Waals surface area contributed by atoms with Gasteiger partial charge in [0.2, 0.25) is 0 Å². The quantitative estimate of drug-likeness (QED) is 0.309. The number of aliphatic hydroxyl groups is 3. The Labute approximate surface area is 106 Å². The molecule has 0 saturated carbocycles. The molecule has 0 aliphatic carbocycles. The van der Waals surface area contributed by atoms with Crippen LogP contribution >= 0.6 is 67.8 Å². The van der Waals surface area contributed by atoms with Crippen molar-refractivity contribution in [1.82, 2.24) is 0 Å². The summed E-state index contributed by atoms with van der Waals surface area (Å²) < 4.78 is 1.04. The van der Waals surface area contributed by atoms with Gasteiger partial charge in [-0.05, 0) is 52.1 Å². The first-order valence-electron chi connectivity index (χ1n) is 2.63. The number of alkyl halides is 1. The molecule has 11 heavy (non-hydrogen) atoms. The molecular weight excluding hydrogens is 489 g/mol. The predicted molar refractivity (Wildman–Crippen MR) is 67.9 cm³/mol. The number of hydrogen-bond donors (Lipinski definition) is 3. The normalized spacial score (nSPS) is 17.7. The average molecular weight is 496 g/mol. The van der Waals surface area contributed by atoms with Crippen LogP contribution in [0.4, 0.5) is 0 Å². The van der Waals surface area contributed by atoms with Crippen molar-refractivity contribution in [2.75, 3.05) is 0 Å². The van der Waals surface area contributed by atoms with Crippen LogP contribution in [0, 0.1) is 0 Å². The highest BCUT2D eigenvalue weighted by Gasteiger charge is 2.26. The van der Waals surface area contributed by atoms with Crippen LogP contribution in [-0.2, 0) is 0 Å². The molecule has 0 radical (unpaired) electrons. The number of rotatable bonds is 2. The van der Waals surface area contributed by atoms with Crippen LogP contribution in [0.5, 0.6) is 0 Å². The van der Waals surface area contributed by atoms with Gasteiger partial charge in [0.15, 0.2) is 0 Å². The second-order valence-corrected chi connectivity index (χ2v) is 6.02. The van der Waals surface area contributed by atoms with Crippen LogP contribution in [0.1, 0.15) is 6.92 Å². The van der Waals surface area contributed by atoms with Crippen molar-refractivity contribution in [3.05, 3.63) is 7.16 Å². The molecule has 0 aromatic rings. The molecule has 3 nitrogen and oxygen atoms in total. The van der Waals surface area contributed by atoms with Crippen molar-refractivity contribution in [3.63, 3.8) is 0 Å². The standard InChI is InChI=1S/C5H7I3O3/c1-2(6)3(7)4(8)5(9,10)11/h2,9-11H,1H3/b4-3+. The lowest BCUT2D eigenvalue weighted by Gasteiger charge is -2.16. The van der Waals surface area contributed by atoms with Crippen molar-refractivity contribution in [2.24, 2.45) is 0 Å². The Morgan fingerprint density at radius 2 is 1.64 bits per heavy atom. The van der Waals surface area contributed by atoms with Gasteiger partial charge in [-0.15, -0.1) is 0 Å². The van der Waals surface area contributed by atoms with Crippen LogP contribution in [0.25, 0.3) is 0 Å². The summed E-state index contributed by atoms with van der Waals surface area (Å²) in [6.07, 6.45) is 0. The summed E-state index contributed by atoms with van der Waals surface area (Å²) in [5.41, 5.74) is 0. The maximum atomic E-state index is 8.74. The fraction of sp³-hybridized carbons (Fsp3) is 0.600. The maximum absolute atomic E-state index is 8.74. The molecule has 0 amide bonds. The monoisotopic (exact) mass is 496 g/mol. The molecule has 0 aliphatic heterocycles. The van der Waals surface area contributed by atoms with E-state index >= 15 is 0 Å². The molecule has 0 heterocycles. The smallest absolute Gasteiger partial charge is 0.311 e. The molecule has 0 spiro atoms. The van der Waals surface area contributed by atoms with Crippen molar-refractivity contribution in [1.29, 1.82) is 0 Å². The largest absolute Gasteiger partial charge is 0.339 e. The average Bonchev–Trinajstić information content (AvgIpc) is 1.82. The molecule has 66 valence electrons. The van der Waals surface area contributed by atoms with E-state index in [1.54, 1.807) is 22.6 Å². The topological polar surface area (TPSA) is 60.7 Å². The van der Waals surface area contributed by atoms with Gasteiger partial charge in [-0.25, -0.2) is 0 Å². The van der Waals surface area contributed by atoms with E-state index in [0.29, 0.717) is 0 Å². The lowest BCUT2D eigenvalue weighted by atomic mass is 10.4. The molecule has 0 fully saturated rings. The van der Waals surface area contributed by atoms with Crippen molar-refractivity contribution in [3.8, 4) is 0 Å². The van der Waals surface area contributed by atoms with Crippen LogP contribution < -0.4 is 0 Å². The molecule has 0 aromatic heterocycles. The van der Waals surface area contributed by atoms with Crippen molar-refractivity contribution in [2.45, 2.75) is 16.8 Å². The Balaban J connectivity index is 4.67. The van der Waals surface area contributed by atoms with E-state index in [1.807, 2.05) is 29.5 Å². The highest BCUT2D eigenvalue weighted by molar-refractivity contribution is 14.1. The first-order valence-corrected chi connectivity index (χ1v) is 6.04. The van der Waals surface area contributed by atoms with Gasteiger partial charge in [-0.1, -0.05) is 22.6 Å². The van der Waals surface area contributed by atoms with Gasteiger partial charge in [0.1, 0.15) is 0 Å². The Morgan fingerprint density at radius 1 is 1.27 bits per heavy atom. The minimum atomic E-state index is -2.68. The second kappa shape index (κ2) is 4.88. The lowest BCUT2D eigenvalue weighted by Crippen LogP contribution is -2.28. The molecule has 0 saturated heterocycles. The van der Waals surface area contributed by atoms with Crippen molar-refractivity contribution >= 4 is 67.8 Å². The van der Waals surface area contributed by atoms with Crippen LogP contribution in [0.2, 0.25) is 0 Å². The Kier molecular flexibility index (Phi) is 5.69. The highest BCUT2D eigenvalue weighted by Crippen LogP contribution is 2.31. The number of hydrogen-bond acceptors (Lipinski definition) is 3. The number of allylic oxidation sites excluding steroid dienone is 1. The van der Waals surface area contributed by atoms with E-state index in [0.717, 1.165) is 3.58 Å². The van der Waals surface area contributed by atoms with Crippen LogP contribution in [0.15, 0.2) is 7.16 Å². The molecule has 3 N–H and O–H groups in total. The van der Waals surface area contributed by atoms with E-state index < -0.39 is 5.97 Å². The summed E-state index contributed by atoms with van der Waals surface area (Å²) in [5.74, 6) is -2.68. The summed E-state index contributed by atoms with van der Waals surface area (Å²) in [6, 6.07) is 0. The fourth-order valence-corrected chi connectivity index (χ4v) is 2.07. The minimum Gasteiger partial charge on any atom is -0.339 e. The van der Waals surface area contributed by atoms with E-state index in [-0.39, 0.29) is 7.50 Å². The molecule has 0 rings (SSSR count). The Bertz CT molecular complexity index is 170. The van der Waals surface area contributed by atoms with E-state index in [2.05, 4.69) is 22.6 Å².